The summed E-state index contributed by atoms with van der Waals surface area (Å²) in [5.41, 5.74) is 4.49. The van der Waals surface area contributed by atoms with Gasteiger partial charge in [-0.3, -0.25) is 9.35 Å². The zero-order valence-corrected chi connectivity index (χ0v) is 19.2. The van der Waals surface area contributed by atoms with E-state index in [-0.39, 0.29) is 37.2 Å². The van der Waals surface area contributed by atoms with E-state index in [1.807, 2.05) is 0 Å². The number of halogens is 6. The zero-order valence-electron chi connectivity index (χ0n) is 18.4. The van der Waals surface area contributed by atoms with Crippen molar-refractivity contribution in [3.8, 4) is 0 Å². The van der Waals surface area contributed by atoms with Gasteiger partial charge in [0, 0.05) is 31.6 Å². The van der Waals surface area contributed by atoms with E-state index in [2.05, 4.69) is 4.98 Å². The van der Waals surface area contributed by atoms with E-state index in [1.165, 1.54) is 0 Å². The van der Waals surface area contributed by atoms with E-state index >= 15 is 0 Å². The van der Waals surface area contributed by atoms with Crippen LogP contribution in [0.1, 0.15) is 34.0 Å². The molecule has 4 N–H and O–H groups in total. The molecule has 0 unspecified atom stereocenters. The van der Waals surface area contributed by atoms with Crippen molar-refractivity contribution < 1.29 is 54.0 Å². The minimum absolute atomic E-state index is 0.156. The highest BCUT2D eigenvalue weighted by atomic mass is 32.2. The molecule has 0 spiro atoms. The highest BCUT2D eigenvalue weighted by Crippen LogP contribution is 2.32. The molecule has 36 heavy (non-hydrogen) atoms. The molecule has 1 aliphatic rings. The smallest absolute Gasteiger partial charge is 0.449 e. The molecule has 0 radical (unpaired) electrons. The Balaban J connectivity index is 0.000000830. The molecule has 0 saturated heterocycles. The zero-order chi connectivity index (χ0) is 27.6. The predicted octanol–water partition coefficient (Wildman–Crippen LogP) is 1.82. The molecular weight excluding hydrogens is 526 g/mol. The van der Waals surface area contributed by atoms with Crippen LogP contribution in [0.3, 0.4) is 0 Å². The van der Waals surface area contributed by atoms with Crippen LogP contribution in [-0.2, 0) is 40.6 Å². The van der Waals surface area contributed by atoms with Gasteiger partial charge >= 0.3 is 12.1 Å². The van der Waals surface area contributed by atoms with Crippen LogP contribution >= 0.6 is 0 Å². The van der Waals surface area contributed by atoms with Crippen LogP contribution in [0.2, 0.25) is 0 Å². The molecule has 1 aliphatic heterocycles. The summed E-state index contributed by atoms with van der Waals surface area (Å²) in [5, 5.41) is 9.16. The van der Waals surface area contributed by atoms with E-state index in [4.69, 9.17) is 15.4 Å². The van der Waals surface area contributed by atoms with Crippen molar-refractivity contribution in [3.05, 3.63) is 52.4 Å². The van der Waals surface area contributed by atoms with Crippen LogP contribution in [-0.4, -0.2) is 63.2 Å². The lowest BCUT2D eigenvalue weighted by atomic mass is 10.0. The number of hydrogen-bond acceptors (Lipinski definition) is 6. The van der Waals surface area contributed by atoms with Gasteiger partial charge < -0.3 is 20.3 Å². The number of nitrogens with zero attached hydrogens (tertiary/aromatic N) is 3. The number of hydrogen-bond donors (Lipinski definition) is 3. The largest absolute Gasteiger partial charge is 0.476 e. The Morgan fingerprint density at radius 2 is 1.69 bits per heavy atom. The van der Waals surface area contributed by atoms with E-state index < -0.39 is 69.7 Å². The van der Waals surface area contributed by atoms with Gasteiger partial charge in [0.1, 0.15) is 5.82 Å². The summed E-state index contributed by atoms with van der Waals surface area (Å²) in [6.45, 7) is -0.921. The van der Waals surface area contributed by atoms with Gasteiger partial charge in [-0.15, -0.1) is 0 Å². The molecule has 17 heteroatoms. The maximum Gasteiger partial charge on any atom is 0.449 e. The van der Waals surface area contributed by atoms with Crippen LogP contribution in [0.5, 0.6) is 0 Å². The molecule has 0 bridgehead atoms. The first-order valence-electron chi connectivity index (χ1n) is 9.87. The van der Waals surface area contributed by atoms with Crippen molar-refractivity contribution in [2.75, 3.05) is 12.8 Å². The quantitative estimate of drug-likeness (QED) is 0.291. The van der Waals surface area contributed by atoms with Gasteiger partial charge in [-0.2, -0.15) is 21.6 Å². The van der Waals surface area contributed by atoms with Crippen molar-refractivity contribution >= 4 is 22.0 Å². The first-order chi connectivity index (χ1) is 16.4. The van der Waals surface area contributed by atoms with Crippen LogP contribution in [0.15, 0.2) is 12.1 Å². The Morgan fingerprint density at radius 1 is 1.14 bits per heavy atom. The third-order valence-corrected chi connectivity index (χ3v) is 4.82. The van der Waals surface area contributed by atoms with Gasteiger partial charge in [0.2, 0.25) is 11.7 Å². The topological polar surface area (TPSA) is 156 Å². The highest BCUT2D eigenvalue weighted by Gasteiger charge is 2.41. The molecule has 0 aliphatic carbocycles. The standard InChI is InChI=1S/C18H16F6N4O3.CH4O3S/c19-10-6-12(21)11(20)4-8(10)3-9(25)5-14(29)27-1-2-28-13(7-27)15(16(30)31)26-17(28)18(22,23)24;1-5(2,3)4/h4,6,9H,1-3,5,7,25H2,(H,30,31);1H3,(H,2,3,4)/t9-;/m1./s1. The monoisotopic (exact) mass is 546 g/mol. The van der Waals surface area contributed by atoms with Gasteiger partial charge in [0.15, 0.2) is 17.3 Å². The lowest BCUT2D eigenvalue weighted by molar-refractivity contribution is -0.148. The summed E-state index contributed by atoms with van der Waals surface area (Å²) < 4.78 is 106. The number of carboxylic acids is 1. The number of carbonyl (C=O) groups excluding carboxylic acids is 1. The molecular formula is C19H20F6N4O6S. The Bertz CT molecular complexity index is 1260. The second kappa shape index (κ2) is 10.8. The molecule has 3 rings (SSSR count). The first-order valence-corrected chi connectivity index (χ1v) is 11.7. The summed E-state index contributed by atoms with van der Waals surface area (Å²) in [6, 6.07) is -0.00786. The minimum Gasteiger partial charge on any atom is -0.476 e. The van der Waals surface area contributed by atoms with E-state index in [0.29, 0.717) is 23.0 Å². The summed E-state index contributed by atoms with van der Waals surface area (Å²) >= 11 is 0. The van der Waals surface area contributed by atoms with Crippen molar-refractivity contribution in [2.24, 2.45) is 5.73 Å². The minimum atomic E-state index is -4.87. The van der Waals surface area contributed by atoms with Gasteiger partial charge in [-0.25, -0.2) is 22.9 Å². The molecule has 1 amide bonds. The maximum absolute atomic E-state index is 13.8. The fourth-order valence-corrected chi connectivity index (χ4v) is 3.40. The third-order valence-electron chi connectivity index (χ3n) is 4.82. The maximum atomic E-state index is 13.8. The normalized spacial score (nSPS) is 14.5. The summed E-state index contributed by atoms with van der Waals surface area (Å²) in [4.78, 5) is 28.1. The molecule has 1 aromatic carbocycles. The number of aromatic carboxylic acids is 1. The lowest BCUT2D eigenvalue weighted by Crippen LogP contribution is -2.42. The summed E-state index contributed by atoms with van der Waals surface area (Å²) in [7, 11) is -3.67. The van der Waals surface area contributed by atoms with Gasteiger partial charge in [0.05, 0.1) is 18.5 Å². The average Bonchev–Trinajstić information content (AvgIpc) is 3.10. The van der Waals surface area contributed by atoms with Crippen molar-refractivity contribution in [2.45, 2.75) is 38.1 Å². The van der Waals surface area contributed by atoms with Crippen LogP contribution in [0, 0.1) is 17.5 Å². The summed E-state index contributed by atoms with van der Waals surface area (Å²) in [6.07, 6.45) is -4.82. The predicted molar refractivity (Wildman–Crippen MR) is 110 cm³/mol. The van der Waals surface area contributed by atoms with Crippen molar-refractivity contribution in [1.29, 1.82) is 0 Å². The number of benzene rings is 1. The Labute approximate surface area is 200 Å². The number of nitrogens with two attached hydrogens (primary N) is 1. The first kappa shape index (κ1) is 29.1. The highest BCUT2D eigenvalue weighted by molar-refractivity contribution is 7.85. The number of carboxylic acid groups (broad SMARTS) is 1. The fraction of sp³-hybridized carbons (Fsp3) is 0.421. The third kappa shape index (κ3) is 7.66. The Hall–Kier alpha value is -3.18. The molecule has 200 valence electrons. The van der Waals surface area contributed by atoms with Crippen molar-refractivity contribution in [1.82, 2.24) is 14.5 Å². The van der Waals surface area contributed by atoms with Crippen LogP contribution in [0.4, 0.5) is 26.3 Å². The Kier molecular flexibility index (Phi) is 8.74. The number of alkyl halides is 3. The number of carbonyl (C=O) groups is 2. The Morgan fingerprint density at radius 3 is 2.22 bits per heavy atom. The fourth-order valence-electron chi connectivity index (χ4n) is 3.40. The SMILES string of the molecule is CS(=O)(=O)O.N[C@@H](CC(=O)N1CCn2c(C(F)(F)F)nc(C(=O)O)c2C1)Cc1cc(F)c(F)cc1F. The average molecular weight is 546 g/mol. The van der Waals surface area contributed by atoms with E-state index in [9.17, 15) is 44.3 Å². The molecule has 1 aromatic heterocycles. The second-order valence-corrected chi connectivity index (χ2v) is 9.23. The van der Waals surface area contributed by atoms with Crippen LogP contribution in [0.25, 0.3) is 0 Å². The van der Waals surface area contributed by atoms with E-state index in [0.717, 1.165) is 4.90 Å². The summed E-state index contributed by atoms with van der Waals surface area (Å²) in [5.74, 6) is -7.33. The number of imidazole rings is 1. The number of rotatable bonds is 5. The molecule has 2 aromatic rings. The molecule has 10 nitrogen and oxygen atoms in total. The molecule has 0 saturated carbocycles. The number of fused-ring (bicyclic) bond motifs is 1. The van der Waals surface area contributed by atoms with Crippen LogP contribution < -0.4 is 5.73 Å². The van der Waals surface area contributed by atoms with Gasteiger partial charge in [-0.05, 0) is 18.1 Å². The number of amides is 1. The van der Waals surface area contributed by atoms with Gasteiger partial charge in [-0.1, -0.05) is 0 Å². The van der Waals surface area contributed by atoms with Gasteiger partial charge in [0.25, 0.3) is 10.1 Å². The molecule has 2 heterocycles. The van der Waals surface area contributed by atoms with Crippen molar-refractivity contribution in [3.63, 3.8) is 0 Å². The molecule has 0 fully saturated rings. The molecule has 1 atom stereocenters. The number of aromatic nitrogens is 2. The van der Waals surface area contributed by atoms with E-state index in [1.54, 1.807) is 0 Å². The lowest BCUT2D eigenvalue weighted by Gasteiger charge is -2.30. The second-order valence-electron chi connectivity index (χ2n) is 7.76.